The Hall–Kier alpha value is -12.6. The highest BCUT2D eigenvalue weighted by Crippen LogP contribution is 2.22. The molecule has 120 heavy (non-hydrogen) atoms. The Morgan fingerprint density at radius 3 is 0.992 bits per heavy atom. The second-order valence-electron chi connectivity index (χ2n) is 28.1. The van der Waals surface area contributed by atoms with Crippen molar-refractivity contribution in [2.45, 2.75) is 115 Å². The molecule has 0 spiro atoms. The van der Waals surface area contributed by atoms with Gasteiger partial charge in [0.15, 0.2) is 0 Å². The van der Waals surface area contributed by atoms with Crippen LogP contribution in [0.2, 0.25) is 0 Å². The predicted molar refractivity (Wildman–Crippen MR) is 479 cm³/mol. The number of carboxylic acids is 1. The summed E-state index contributed by atoms with van der Waals surface area (Å²) in [6.07, 6.45) is 9.06. The van der Waals surface area contributed by atoms with E-state index in [1.807, 2.05) is 113 Å². The van der Waals surface area contributed by atoms with E-state index in [1.165, 1.54) is 79.6 Å². The second kappa shape index (κ2) is 64.5. The number of aryl methyl sites for hydroxylation is 1. The van der Waals surface area contributed by atoms with E-state index >= 15 is 0 Å². The molecule has 0 saturated carbocycles. The minimum atomic E-state index is -0.922. The van der Waals surface area contributed by atoms with Gasteiger partial charge < -0.3 is 69.8 Å². The largest absolute Gasteiger partial charge is 0.478 e. The molecule has 0 radical (unpaired) electrons. The molecule has 0 fully saturated rings. The van der Waals surface area contributed by atoms with Gasteiger partial charge in [-0.25, -0.2) is 14.4 Å². The molecule has 5 amide bonds. The number of ketones is 5. The summed E-state index contributed by atoms with van der Waals surface area (Å²) in [5.41, 5.74) is 30.2. The summed E-state index contributed by atoms with van der Waals surface area (Å²) in [6, 6.07) is 61.9. The third kappa shape index (κ3) is 55.1. The molecule has 5 unspecified atom stereocenters. The normalized spacial score (nSPS) is 11.3. The van der Waals surface area contributed by atoms with Crippen molar-refractivity contribution >= 4 is 115 Å². The lowest BCUT2D eigenvalue weighted by Crippen LogP contribution is -2.34. The number of hydrogen-bond acceptors (Lipinski definition) is 20. The molecule has 9 aromatic rings. The SMILES string of the molecule is C.C(=C\c1ccccc1)/c1ccccc1.CC(=O)CC(=O)NCC(C)CN.CC(=O)CC(=O)NCC(C)CN.CC(=O)CC(=O)NCC(C)CN.CC(=O)CC(=O)NCC(C)CN.CC(=O)CC(=O)NCC(CN)CCc1c[nH]c(=O)[nH]c1=O.O=C(O)/C=C/c1ccccc1.O=c1ccc2ccccc2o1.c1ccc2cc3ccccc3cc2c1. The lowest BCUT2D eigenvalue weighted by Gasteiger charge is -2.15. The number of amides is 5. The highest BCUT2D eigenvalue weighted by atomic mass is 16.4. The summed E-state index contributed by atoms with van der Waals surface area (Å²) in [5.74, 6) is -1.75. The van der Waals surface area contributed by atoms with Crippen molar-refractivity contribution in [2.75, 3.05) is 65.4 Å². The number of rotatable bonds is 32. The first kappa shape index (κ1) is 107. The number of aromatic nitrogens is 2. The minimum absolute atomic E-state index is 0. The van der Waals surface area contributed by atoms with Gasteiger partial charge >= 0.3 is 17.3 Å². The number of carboxylic acid groups (broad SMARTS) is 1. The third-order valence-electron chi connectivity index (χ3n) is 16.3. The molecule has 28 heteroatoms. The van der Waals surface area contributed by atoms with Gasteiger partial charge in [0, 0.05) is 62.0 Å². The number of nitrogens with two attached hydrogens (primary N) is 5. The highest BCUT2D eigenvalue weighted by Gasteiger charge is 2.14. The Labute approximate surface area is 702 Å². The Kier molecular flexibility index (Phi) is 57.7. The van der Waals surface area contributed by atoms with Gasteiger partial charge in [-0.2, -0.15) is 0 Å². The summed E-state index contributed by atoms with van der Waals surface area (Å²) >= 11 is 0. The number of hydrogen-bond donors (Lipinski definition) is 13. The quantitative estimate of drug-likeness (QED) is 0.00613. The first-order valence-corrected chi connectivity index (χ1v) is 38.9. The number of para-hydroxylation sites is 1. The number of nitrogens with one attached hydrogen (secondary N) is 7. The molecule has 18 N–H and O–H groups in total. The van der Waals surface area contributed by atoms with Crippen LogP contribution in [0.15, 0.2) is 219 Å². The van der Waals surface area contributed by atoms with Gasteiger partial charge in [0.05, 0.1) is 32.1 Å². The molecule has 0 aliphatic carbocycles. The number of H-pyrrole nitrogens is 2. The van der Waals surface area contributed by atoms with Crippen LogP contribution in [0.4, 0.5) is 0 Å². The van der Waals surface area contributed by atoms with E-state index in [1.54, 1.807) is 18.2 Å². The summed E-state index contributed by atoms with van der Waals surface area (Å²) in [6.45, 7) is 19.7. The smallest absolute Gasteiger partial charge is 0.336 e. The first-order valence-electron chi connectivity index (χ1n) is 38.9. The summed E-state index contributed by atoms with van der Waals surface area (Å²) in [7, 11) is 0. The van der Waals surface area contributed by atoms with Crippen LogP contribution in [0.25, 0.3) is 50.7 Å². The lowest BCUT2D eigenvalue weighted by molar-refractivity contribution is -0.132. The average molecular weight is 1650 g/mol. The summed E-state index contributed by atoms with van der Waals surface area (Å²) in [4.78, 5) is 155. The Morgan fingerprint density at radius 1 is 0.392 bits per heavy atom. The van der Waals surface area contributed by atoms with Gasteiger partial charge in [-0.05, 0) is 178 Å². The Balaban J connectivity index is 0.00000134. The van der Waals surface area contributed by atoms with E-state index in [9.17, 15) is 67.1 Å². The molecule has 28 nitrogen and oxygen atoms in total. The zero-order valence-corrected chi connectivity index (χ0v) is 69.6. The molecule has 0 saturated heterocycles. The standard InChI is InChI=1S/C14H10.C14H12.C13H20N4O4.C9H6O2.C9H8O2.4C8H16N2O2.CH4/c1-2-6-12-10-14-8-4-3-7-13(14)9-11(12)5-1;1-3-7-13(8-4-1)11-12-14-9-5-2-6-10-14;1-8(18)4-11(19)15-6-9(5-14)2-3-10-7-16-13(21)17-12(10)20;10-9-6-5-7-3-1-2-4-8(7)11-9;10-9(11)7-6-8-4-2-1-3-5-8;4*1-6(4-9)5-10-8(12)3-7(2)11;/h1-10H;1-12H;7,9H,2-6,14H2,1H3,(H,15,19)(H2,16,17,20,21);1-6H;1-7H,(H,10,11);4*6H,3-5,9H2,1-2H3,(H,10,12);1H4/b;12-11+;;;7-6+;;;;;. The van der Waals surface area contributed by atoms with Crippen LogP contribution in [0.5, 0.6) is 0 Å². The second-order valence-corrected chi connectivity index (χ2v) is 28.1. The number of aromatic amines is 2. The maximum atomic E-state index is 11.5. The molecule has 2 aromatic heterocycles. The van der Waals surface area contributed by atoms with Gasteiger partial charge in [-0.15, -0.1) is 0 Å². The molecular formula is C92H124N12O16. The fraction of sp³-hybridized carbons (Fsp3) is 0.348. The van der Waals surface area contributed by atoms with Crippen molar-refractivity contribution in [3.8, 4) is 0 Å². The fourth-order valence-electron chi connectivity index (χ4n) is 9.42. The summed E-state index contributed by atoms with van der Waals surface area (Å²) < 4.78 is 4.91. The molecule has 7 aromatic carbocycles. The van der Waals surface area contributed by atoms with Crippen molar-refractivity contribution in [3.05, 3.63) is 254 Å². The van der Waals surface area contributed by atoms with Gasteiger partial charge in [0.2, 0.25) is 29.5 Å². The zero-order valence-electron chi connectivity index (χ0n) is 69.6. The maximum Gasteiger partial charge on any atom is 0.336 e. The minimum Gasteiger partial charge on any atom is -0.478 e. The topological polar surface area (TPSA) is 494 Å². The van der Waals surface area contributed by atoms with E-state index in [0.29, 0.717) is 89.4 Å². The van der Waals surface area contributed by atoms with Gasteiger partial charge in [0.25, 0.3) is 5.56 Å². The number of carbonyl (C=O) groups excluding carboxylic acids is 10. The average Bonchev–Trinajstić information content (AvgIpc) is 0.809. The number of aliphatic carboxylic acids is 1. The van der Waals surface area contributed by atoms with Crippen LogP contribution in [-0.2, 0) is 59.2 Å². The molecule has 648 valence electrons. The molecule has 0 aliphatic rings. The van der Waals surface area contributed by atoms with Gasteiger partial charge in [-0.1, -0.05) is 205 Å². The van der Waals surface area contributed by atoms with E-state index in [4.69, 9.17) is 38.2 Å². The van der Waals surface area contributed by atoms with E-state index in [2.05, 4.69) is 134 Å². The molecule has 9 rings (SSSR count). The van der Waals surface area contributed by atoms with Crippen molar-refractivity contribution in [1.29, 1.82) is 0 Å². The zero-order chi connectivity index (χ0) is 88.9. The molecular weight excluding hydrogens is 1530 g/mol. The van der Waals surface area contributed by atoms with E-state index in [0.717, 1.165) is 17.0 Å². The van der Waals surface area contributed by atoms with Crippen LogP contribution in [0.1, 0.15) is 131 Å². The lowest BCUT2D eigenvalue weighted by atomic mass is 10.0. The Bertz CT molecular complexity index is 4500. The number of carbonyl (C=O) groups is 11. The maximum absolute atomic E-state index is 11.5. The van der Waals surface area contributed by atoms with E-state index < -0.39 is 17.2 Å². The van der Waals surface area contributed by atoms with Crippen LogP contribution in [-0.4, -0.2) is 145 Å². The van der Waals surface area contributed by atoms with Crippen LogP contribution in [0, 0.1) is 29.6 Å². The van der Waals surface area contributed by atoms with Crippen molar-refractivity contribution < 1.29 is 62.3 Å². The molecule has 5 atom stereocenters. The highest BCUT2D eigenvalue weighted by molar-refractivity contribution is 6.00. The number of benzene rings is 7. The number of Topliss-reactive ketones (excluding diaryl/α,β-unsaturated/α-hetero) is 5. The monoisotopic (exact) mass is 1650 g/mol. The first-order chi connectivity index (χ1) is 56.7. The predicted octanol–water partition coefficient (Wildman–Crippen LogP) is 9.44. The van der Waals surface area contributed by atoms with E-state index in [-0.39, 0.29) is 133 Å². The number of fused-ring (bicyclic) bond motifs is 3. The van der Waals surface area contributed by atoms with Gasteiger partial charge in [-0.3, -0.25) is 57.7 Å². The fourth-order valence-corrected chi connectivity index (χ4v) is 9.42. The van der Waals surface area contributed by atoms with Crippen molar-refractivity contribution in [3.63, 3.8) is 0 Å². The van der Waals surface area contributed by atoms with Gasteiger partial charge in [0.1, 0.15) is 34.5 Å². The molecule has 2 heterocycles. The molecule has 0 bridgehead atoms. The third-order valence-corrected chi connectivity index (χ3v) is 16.3. The van der Waals surface area contributed by atoms with Crippen LogP contribution in [0.3, 0.4) is 0 Å². The van der Waals surface area contributed by atoms with Crippen molar-refractivity contribution in [1.82, 2.24) is 36.6 Å². The van der Waals surface area contributed by atoms with Crippen LogP contribution < -0.4 is 72.1 Å². The Morgan fingerprint density at radius 2 is 0.692 bits per heavy atom. The summed E-state index contributed by atoms with van der Waals surface area (Å²) in [5, 5.41) is 27.6. The molecule has 0 aliphatic heterocycles. The van der Waals surface area contributed by atoms with Crippen LogP contribution >= 0.6 is 0 Å². The van der Waals surface area contributed by atoms with Crippen molar-refractivity contribution in [2.24, 2.45) is 58.3 Å².